The molecule has 1 saturated heterocycles. The lowest BCUT2D eigenvalue weighted by Crippen LogP contribution is -2.67. The third-order valence-corrected chi connectivity index (χ3v) is 11.1. The average molecular weight is 583 g/mol. The molecule has 0 spiro atoms. The highest BCUT2D eigenvalue weighted by Crippen LogP contribution is 2.66. The predicted molar refractivity (Wildman–Crippen MR) is 145 cm³/mol. The van der Waals surface area contributed by atoms with Crippen molar-refractivity contribution in [2.45, 2.75) is 102 Å². The fourth-order valence-corrected chi connectivity index (χ4v) is 8.85. The van der Waals surface area contributed by atoms with Crippen LogP contribution in [0.3, 0.4) is 0 Å². The Morgan fingerprint density at radius 3 is 2.62 bits per heavy atom. The molecule has 0 radical (unpaired) electrons. The van der Waals surface area contributed by atoms with Crippen LogP contribution in [0.4, 0.5) is 4.39 Å². The van der Waals surface area contributed by atoms with Gasteiger partial charge in [0.15, 0.2) is 23.5 Å². The minimum atomic E-state index is -3.80. The fourth-order valence-electron chi connectivity index (χ4n) is 8.51. The van der Waals surface area contributed by atoms with Crippen LogP contribution in [-0.4, -0.2) is 68.7 Å². The first-order valence-electron chi connectivity index (χ1n) is 14.7. The summed E-state index contributed by atoms with van der Waals surface area (Å²) in [5, 5.41) is 11.5. The maximum absolute atomic E-state index is 17.6. The summed E-state index contributed by atoms with van der Waals surface area (Å²) in [6.45, 7) is 3.45. The van der Waals surface area contributed by atoms with Gasteiger partial charge in [0.05, 0.1) is 25.1 Å². The number of carbonyl (C=O) groups is 2. The van der Waals surface area contributed by atoms with Crippen LogP contribution in [-0.2, 0) is 33.4 Å². The summed E-state index contributed by atoms with van der Waals surface area (Å²) < 4.78 is 57.9. The van der Waals surface area contributed by atoms with Crippen LogP contribution in [0.25, 0.3) is 0 Å². The number of allylic oxidation sites excluding steroid dienone is 4. The monoisotopic (exact) mass is 582 g/mol. The number of hydrogen-bond donors (Lipinski definition) is 1. The molecule has 0 aromatic rings. The van der Waals surface area contributed by atoms with Gasteiger partial charge in [-0.15, -0.1) is 0 Å². The lowest BCUT2D eigenvalue weighted by Gasteiger charge is -2.62. The lowest BCUT2D eigenvalue weighted by molar-refractivity contribution is -0.204. The van der Waals surface area contributed by atoms with Crippen molar-refractivity contribution in [3.8, 4) is 0 Å². The van der Waals surface area contributed by atoms with Crippen LogP contribution in [0.1, 0.15) is 78.1 Å². The summed E-state index contributed by atoms with van der Waals surface area (Å²) in [4.78, 5) is 25.1. The Labute approximate surface area is 236 Å². The Morgan fingerprint density at radius 2 is 1.93 bits per heavy atom. The quantitative estimate of drug-likeness (QED) is 0.423. The molecule has 40 heavy (non-hydrogen) atoms. The molecule has 4 fully saturated rings. The van der Waals surface area contributed by atoms with Crippen molar-refractivity contribution in [3.63, 3.8) is 0 Å². The zero-order valence-corrected chi connectivity index (χ0v) is 24.6. The number of rotatable bonds is 8. The number of ketones is 2. The van der Waals surface area contributed by atoms with Crippen LogP contribution in [0.5, 0.6) is 0 Å². The molecular weight excluding hydrogens is 539 g/mol. The van der Waals surface area contributed by atoms with Gasteiger partial charge in [-0.25, -0.2) is 4.39 Å². The van der Waals surface area contributed by atoms with E-state index in [0.717, 1.165) is 31.9 Å². The van der Waals surface area contributed by atoms with E-state index in [4.69, 9.17) is 13.7 Å². The summed E-state index contributed by atoms with van der Waals surface area (Å²) in [5.74, 6) is -1.21. The van der Waals surface area contributed by atoms with E-state index in [0.29, 0.717) is 37.4 Å². The topological polar surface area (TPSA) is 116 Å². The number of aliphatic hydroxyl groups excluding tert-OH is 1. The van der Waals surface area contributed by atoms with Crippen LogP contribution < -0.4 is 0 Å². The van der Waals surface area contributed by atoms with Gasteiger partial charge in [0, 0.05) is 23.7 Å². The van der Waals surface area contributed by atoms with E-state index in [-0.39, 0.29) is 36.9 Å². The van der Waals surface area contributed by atoms with Crippen molar-refractivity contribution in [2.75, 3.05) is 19.5 Å². The van der Waals surface area contributed by atoms with Crippen LogP contribution in [0.2, 0.25) is 0 Å². The van der Waals surface area contributed by atoms with Crippen molar-refractivity contribution in [1.29, 1.82) is 0 Å². The smallest absolute Gasteiger partial charge is 0.264 e. The van der Waals surface area contributed by atoms with Crippen molar-refractivity contribution in [1.82, 2.24) is 0 Å². The van der Waals surface area contributed by atoms with E-state index in [1.54, 1.807) is 13.0 Å². The number of alkyl halides is 1. The van der Waals surface area contributed by atoms with Gasteiger partial charge in [-0.3, -0.25) is 13.8 Å². The molecule has 0 unspecified atom stereocenters. The maximum atomic E-state index is 17.6. The first kappa shape index (κ1) is 30.0. The summed E-state index contributed by atoms with van der Waals surface area (Å²) in [5.41, 5.74) is -3.33. The summed E-state index contributed by atoms with van der Waals surface area (Å²) >= 11 is 0. The van der Waals surface area contributed by atoms with Gasteiger partial charge >= 0.3 is 0 Å². The Balaban J connectivity index is 1.43. The van der Waals surface area contributed by atoms with Crippen molar-refractivity contribution >= 4 is 21.7 Å². The SMILES string of the molecule is C[C@]1(CC(=O)COS(C)(=O)=O)C[C@H](O)[C@@]2(F)[C@@H](CCC3=CC(=O)C=C[C@@]32C)[C@@H]1C[C@@H]1CO[C@H](C2CCCCC2)O1. The molecule has 0 aromatic heterocycles. The van der Waals surface area contributed by atoms with Crippen molar-refractivity contribution in [2.24, 2.45) is 28.6 Å². The minimum Gasteiger partial charge on any atom is -0.390 e. The lowest BCUT2D eigenvalue weighted by atomic mass is 9.44. The first-order chi connectivity index (χ1) is 18.7. The molecule has 5 rings (SSSR count). The number of carbonyl (C=O) groups excluding carboxylic acids is 2. The molecule has 4 aliphatic carbocycles. The maximum Gasteiger partial charge on any atom is 0.264 e. The summed E-state index contributed by atoms with van der Waals surface area (Å²) in [7, 11) is -3.80. The highest BCUT2D eigenvalue weighted by molar-refractivity contribution is 7.86. The molecule has 1 aliphatic heterocycles. The number of halogens is 1. The molecule has 5 aliphatic rings. The molecule has 0 bridgehead atoms. The number of Topliss-reactive ketones (excluding diaryl/α,β-unsaturated/α-hetero) is 1. The van der Waals surface area contributed by atoms with Crippen LogP contribution >= 0.6 is 0 Å². The normalized spacial score (nSPS) is 42.3. The largest absolute Gasteiger partial charge is 0.390 e. The van der Waals surface area contributed by atoms with Crippen LogP contribution in [0.15, 0.2) is 23.8 Å². The average Bonchev–Trinajstić information content (AvgIpc) is 3.36. The number of hydrogen-bond acceptors (Lipinski definition) is 8. The van der Waals surface area contributed by atoms with E-state index in [1.165, 1.54) is 18.6 Å². The molecule has 224 valence electrons. The van der Waals surface area contributed by atoms with E-state index in [2.05, 4.69) is 0 Å². The molecule has 0 aromatic carbocycles. The Bertz CT molecular complexity index is 1180. The van der Waals surface area contributed by atoms with E-state index in [9.17, 15) is 23.1 Å². The fraction of sp³-hybridized carbons (Fsp3) is 0.800. The molecule has 1 N–H and O–H groups in total. The number of ether oxygens (including phenoxy) is 2. The van der Waals surface area contributed by atoms with Gasteiger partial charge < -0.3 is 14.6 Å². The van der Waals surface area contributed by atoms with Crippen molar-refractivity contribution < 1.29 is 41.2 Å². The standard InChI is InChI=1S/C30H43FO8S/c1-28(15-22(33)17-38-40(3,35)36)16-26(34)30(31)24(10-9-20-13-21(32)11-12-29(20,30)2)25(28)14-23-18-37-27(39-23)19-7-5-4-6-8-19/h11-13,19,23-27,34H,4-10,14-18H2,1-3H3/t23-,24+,25+,26+,27+,28+,29+,30+/m1/s1. The molecule has 3 saturated carbocycles. The number of aliphatic hydroxyl groups is 1. The second-order valence-electron chi connectivity index (χ2n) is 13.3. The second-order valence-corrected chi connectivity index (χ2v) is 14.9. The third-order valence-electron chi connectivity index (χ3n) is 10.5. The Morgan fingerprint density at radius 1 is 1.20 bits per heavy atom. The van der Waals surface area contributed by atoms with Gasteiger partial charge in [0.1, 0.15) is 6.61 Å². The zero-order chi connectivity index (χ0) is 28.9. The zero-order valence-electron chi connectivity index (χ0n) is 23.8. The molecule has 10 heteroatoms. The molecule has 8 atom stereocenters. The van der Waals surface area contributed by atoms with Crippen molar-refractivity contribution in [3.05, 3.63) is 23.8 Å². The van der Waals surface area contributed by atoms with Gasteiger partial charge in [-0.1, -0.05) is 37.8 Å². The molecular formula is C30H43FO8S. The summed E-state index contributed by atoms with van der Waals surface area (Å²) in [6, 6.07) is 0. The van der Waals surface area contributed by atoms with Gasteiger partial charge in [0.25, 0.3) is 10.1 Å². The Hall–Kier alpha value is -1.46. The highest BCUT2D eigenvalue weighted by Gasteiger charge is 2.68. The molecule has 8 nitrogen and oxygen atoms in total. The molecule has 1 heterocycles. The first-order valence-corrected chi connectivity index (χ1v) is 16.5. The Kier molecular flexibility index (Phi) is 8.24. The van der Waals surface area contributed by atoms with Gasteiger partial charge in [-0.2, -0.15) is 8.42 Å². The van der Waals surface area contributed by atoms with Gasteiger partial charge in [0.2, 0.25) is 0 Å². The van der Waals surface area contributed by atoms with E-state index >= 15 is 4.39 Å². The minimum absolute atomic E-state index is 0.0135. The molecule has 0 amide bonds. The van der Waals surface area contributed by atoms with E-state index in [1.807, 2.05) is 6.92 Å². The third kappa shape index (κ3) is 5.51. The summed E-state index contributed by atoms with van der Waals surface area (Å²) in [6.07, 6.45) is 10.5. The number of fused-ring (bicyclic) bond motifs is 3. The van der Waals surface area contributed by atoms with Crippen LogP contribution in [0, 0.1) is 28.6 Å². The van der Waals surface area contributed by atoms with Gasteiger partial charge in [-0.05, 0) is 68.9 Å². The second kappa shape index (κ2) is 11.0. The predicted octanol–water partition coefficient (Wildman–Crippen LogP) is 4.21. The highest BCUT2D eigenvalue weighted by atomic mass is 32.2. The van der Waals surface area contributed by atoms with E-state index < -0.39 is 51.0 Å².